The minimum atomic E-state index is -3.49. The van der Waals surface area contributed by atoms with Gasteiger partial charge in [0.1, 0.15) is 0 Å². The Hall–Kier alpha value is -0.100. The molecule has 13 heavy (non-hydrogen) atoms. The number of hydrogen-bond acceptors (Lipinski definition) is 2. The topological polar surface area (TPSA) is 60.2 Å². The summed E-state index contributed by atoms with van der Waals surface area (Å²) in [5.41, 5.74) is 0.604. The van der Waals surface area contributed by atoms with Crippen molar-refractivity contribution in [3.63, 3.8) is 0 Å². The molecule has 0 amide bonds. The van der Waals surface area contributed by atoms with Gasteiger partial charge in [-0.25, -0.2) is 13.6 Å². The van der Waals surface area contributed by atoms with Crippen molar-refractivity contribution in [2.75, 3.05) is 0 Å². The molecule has 1 aromatic rings. The van der Waals surface area contributed by atoms with Gasteiger partial charge in [0.05, 0.1) is 5.75 Å². The van der Waals surface area contributed by atoms with Crippen molar-refractivity contribution >= 4 is 37.6 Å². The maximum atomic E-state index is 10.8. The van der Waals surface area contributed by atoms with Gasteiger partial charge in [-0.3, -0.25) is 0 Å². The molecule has 6 heteroatoms. The van der Waals surface area contributed by atoms with E-state index in [9.17, 15) is 8.42 Å². The molecule has 0 heterocycles. The molecule has 0 radical (unpaired) electrons. The second-order valence-corrected chi connectivity index (χ2v) is 5.45. The van der Waals surface area contributed by atoms with Gasteiger partial charge >= 0.3 is 0 Å². The van der Waals surface area contributed by atoms with Crippen LogP contribution >= 0.6 is 27.5 Å². The fraction of sp³-hybridized carbons (Fsp3) is 0.143. The SMILES string of the molecule is NS(=O)(=O)Cc1ccc(Cl)cc1Br. The molecule has 0 unspecified atom stereocenters. The van der Waals surface area contributed by atoms with Gasteiger partial charge in [0.2, 0.25) is 10.0 Å². The number of rotatable bonds is 2. The van der Waals surface area contributed by atoms with Gasteiger partial charge in [0.25, 0.3) is 0 Å². The Balaban J connectivity index is 3.04. The monoisotopic (exact) mass is 283 g/mol. The summed E-state index contributed by atoms with van der Waals surface area (Å²) in [4.78, 5) is 0. The maximum Gasteiger partial charge on any atom is 0.213 e. The zero-order valence-electron chi connectivity index (χ0n) is 6.50. The molecule has 0 bridgehead atoms. The van der Waals surface area contributed by atoms with E-state index in [-0.39, 0.29) is 5.75 Å². The Morgan fingerprint density at radius 2 is 2.08 bits per heavy atom. The molecule has 3 nitrogen and oxygen atoms in total. The number of nitrogens with two attached hydrogens (primary N) is 1. The molecule has 0 aliphatic heterocycles. The van der Waals surface area contributed by atoms with Crippen LogP contribution in [0.15, 0.2) is 22.7 Å². The van der Waals surface area contributed by atoms with E-state index in [1.165, 1.54) is 0 Å². The molecule has 0 aliphatic carbocycles. The smallest absolute Gasteiger partial charge is 0.213 e. The minimum absolute atomic E-state index is 0.190. The minimum Gasteiger partial charge on any atom is -0.228 e. The molecule has 0 spiro atoms. The van der Waals surface area contributed by atoms with Gasteiger partial charge in [0.15, 0.2) is 0 Å². The molecule has 1 aromatic carbocycles. The van der Waals surface area contributed by atoms with E-state index < -0.39 is 10.0 Å². The largest absolute Gasteiger partial charge is 0.228 e. The molecule has 0 aromatic heterocycles. The fourth-order valence-corrected chi connectivity index (χ4v) is 2.55. The quantitative estimate of drug-likeness (QED) is 0.901. The second kappa shape index (κ2) is 3.96. The van der Waals surface area contributed by atoms with E-state index in [1.807, 2.05) is 0 Å². The van der Waals surface area contributed by atoms with E-state index in [4.69, 9.17) is 16.7 Å². The highest BCUT2D eigenvalue weighted by atomic mass is 79.9. The molecule has 0 saturated heterocycles. The summed E-state index contributed by atoms with van der Waals surface area (Å²) in [5.74, 6) is -0.190. The first-order valence-electron chi connectivity index (χ1n) is 3.33. The van der Waals surface area contributed by atoms with Crippen LogP contribution in [0.3, 0.4) is 0 Å². The lowest BCUT2D eigenvalue weighted by Crippen LogP contribution is -2.14. The van der Waals surface area contributed by atoms with Crippen LogP contribution in [0.2, 0.25) is 5.02 Å². The number of primary sulfonamides is 1. The lowest BCUT2D eigenvalue weighted by atomic mass is 10.2. The first-order chi connectivity index (χ1) is 5.88. The zero-order chi connectivity index (χ0) is 10.1. The van der Waals surface area contributed by atoms with Crippen LogP contribution in [0.4, 0.5) is 0 Å². The van der Waals surface area contributed by atoms with Crippen LogP contribution in [-0.4, -0.2) is 8.42 Å². The highest BCUT2D eigenvalue weighted by Gasteiger charge is 2.08. The van der Waals surface area contributed by atoms with Gasteiger partial charge in [-0.05, 0) is 17.7 Å². The zero-order valence-corrected chi connectivity index (χ0v) is 9.66. The Kier molecular flexibility index (Phi) is 3.34. The van der Waals surface area contributed by atoms with E-state index in [2.05, 4.69) is 15.9 Å². The van der Waals surface area contributed by atoms with Gasteiger partial charge in [-0.1, -0.05) is 33.6 Å². The summed E-state index contributed by atoms with van der Waals surface area (Å²) >= 11 is 8.87. The number of halogens is 2. The summed E-state index contributed by atoms with van der Waals surface area (Å²) in [6, 6.07) is 4.87. The van der Waals surface area contributed by atoms with Crippen LogP contribution in [-0.2, 0) is 15.8 Å². The number of sulfonamides is 1. The Labute approximate surface area is 90.1 Å². The van der Waals surface area contributed by atoms with E-state index in [0.717, 1.165) is 0 Å². The van der Waals surface area contributed by atoms with Crippen molar-refractivity contribution in [2.45, 2.75) is 5.75 Å². The first kappa shape index (κ1) is 11.0. The summed E-state index contributed by atoms with van der Waals surface area (Å²) in [5, 5.41) is 5.44. The van der Waals surface area contributed by atoms with Crippen molar-refractivity contribution in [2.24, 2.45) is 5.14 Å². The average molecular weight is 285 g/mol. The van der Waals surface area contributed by atoms with Crippen LogP contribution in [0.25, 0.3) is 0 Å². The maximum absolute atomic E-state index is 10.8. The Morgan fingerprint density at radius 1 is 1.46 bits per heavy atom. The normalized spacial score (nSPS) is 11.6. The van der Waals surface area contributed by atoms with Crippen LogP contribution in [0, 0.1) is 0 Å². The summed E-state index contributed by atoms with van der Waals surface area (Å²) in [6.45, 7) is 0. The highest BCUT2D eigenvalue weighted by molar-refractivity contribution is 9.10. The van der Waals surface area contributed by atoms with Crippen molar-refractivity contribution in [3.05, 3.63) is 33.3 Å². The van der Waals surface area contributed by atoms with Gasteiger partial charge < -0.3 is 0 Å². The van der Waals surface area contributed by atoms with Crippen molar-refractivity contribution in [3.8, 4) is 0 Å². The molecule has 0 fully saturated rings. The molecule has 72 valence electrons. The lowest BCUT2D eigenvalue weighted by Gasteiger charge is -2.02. The van der Waals surface area contributed by atoms with Crippen LogP contribution < -0.4 is 5.14 Å². The standard InChI is InChI=1S/C7H7BrClNO2S/c8-7-3-6(9)2-1-5(7)4-13(10,11)12/h1-3H,4H2,(H2,10,11,12). The molecular formula is C7H7BrClNO2S. The van der Waals surface area contributed by atoms with Gasteiger partial charge in [-0.15, -0.1) is 0 Å². The third kappa shape index (κ3) is 3.64. The molecule has 0 atom stereocenters. The number of benzene rings is 1. The first-order valence-corrected chi connectivity index (χ1v) is 6.21. The van der Waals surface area contributed by atoms with Crippen LogP contribution in [0.5, 0.6) is 0 Å². The molecule has 1 rings (SSSR count). The second-order valence-electron chi connectivity index (χ2n) is 2.54. The molecular weight excluding hydrogens is 278 g/mol. The number of hydrogen-bond donors (Lipinski definition) is 1. The predicted molar refractivity (Wildman–Crippen MR) is 56.0 cm³/mol. The summed E-state index contributed by atoms with van der Waals surface area (Å²) < 4.78 is 22.2. The average Bonchev–Trinajstić information content (AvgIpc) is 1.93. The highest BCUT2D eigenvalue weighted by Crippen LogP contribution is 2.22. The van der Waals surface area contributed by atoms with Crippen molar-refractivity contribution < 1.29 is 8.42 Å². The van der Waals surface area contributed by atoms with Gasteiger partial charge in [-0.2, -0.15) is 0 Å². The van der Waals surface area contributed by atoms with E-state index in [0.29, 0.717) is 15.1 Å². The Morgan fingerprint density at radius 3 is 2.54 bits per heavy atom. The van der Waals surface area contributed by atoms with E-state index in [1.54, 1.807) is 18.2 Å². The Bertz CT molecular complexity index is 419. The summed E-state index contributed by atoms with van der Waals surface area (Å²) in [7, 11) is -3.49. The molecule has 0 aliphatic rings. The van der Waals surface area contributed by atoms with E-state index >= 15 is 0 Å². The molecule has 2 N–H and O–H groups in total. The summed E-state index contributed by atoms with van der Waals surface area (Å²) in [6.07, 6.45) is 0. The third-order valence-electron chi connectivity index (χ3n) is 1.37. The van der Waals surface area contributed by atoms with Crippen molar-refractivity contribution in [1.82, 2.24) is 0 Å². The lowest BCUT2D eigenvalue weighted by molar-refractivity contribution is 0.597. The van der Waals surface area contributed by atoms with Crippen LogP contribution in [0.1, 0.15) is 5.56 Å². The van der Waals surface area contributed by atoms with Crippen molar-refractivity contribution in [1.29, 1.82) is 0 Å². The fourth-order valence-electron chi connectivity index (χ4n) is 0.855. The van der Waals surface area contributed by atoms with Gasteiger partial charge in [0, 0.05) is 9.50 Å². The molecule has 0 saturated carbocycles. The predicted octanol–water partition coefficient (Wildman–Crippen LogP) is 1.89. The third-order valence-corrected chi connectivity index (χ3v) is 3.06.